The molecule has 1 amide bonds. The van der Waals surface area contributed by atoms with Gasteiger partial charge in [-0.05, 0) is 89.9 Å². The number of phosphoric ester groups is 1. The number of unbranched alkanes of at least 4 members (excludes halogenated alkanes) is 32. The number of allylic oxidation sites excluding steroid dienone is 15. The van der Waals surface area contributed by atoms with Gasteiger partial charge in [-0.3, -0.25) is 9.36 Å². The largest absolute Gasteiger partial charge is 0.756 e. The van der Waals surface area contributed by atoms with Crippen molar-refractivity contribution in [2.45, 2.75) is 296 Å². The van der Waals surface area contributed by atoms with Crippen LogP contribution in [-0.2, 0) is 18.4 Å². The number of hydrogen-bond donors (Lipinski definition) is 2. The maximum Gasteiger partial charge on any atom is 0.268 e. The van der Waals surface area contributed by atoms with Crippen molar-refractivity contribution in [2.24, 2.45) is 0 Å². The molecule has 0 saturated heterocycles. The van der Waals surface area contributed by atoms with Gasteiger partial charge in [0.2, 0.25) is 5.91 Å². The number of aliphatic hydroxyl groups is 1. The van der Waals surface area contributed by atoms with Crippen LogP contribution in [0, 0.1) is 0 Å². The summed E-state index contributed by atoms with van der Waals surface area (Å²) in [5.41, 5.74) is 0. The summed E-state index contributed by atoms with van der Waals surface area (Å²) in [7, 11) is 1.23. The van der Waals surface area contributed by atoms with Crippen LogP contribution in [-0.4, -0.2) is 68.5 Å². The first-order valence-corrected chi connectivity index (χ1v) is 34.1. The second kappa shape index (κ2) is 59.1. The summed E-state index contributed by atoms with van der Waals surface area (Å²) >= 11 is 0. The van der Waals surface area contributed by atoms with Gasteiger partial charge in [0.1, 0.15) is 13.2 Å². The average Bonchev–Trinajstić information content (AvgIpc) is 3.41. The molecule has 0 aliphatic heterocycles. The van der Waals surface area contributed by atoms with Crippen LogP contribution in [0.3, 0.4) is 0 Å². The second-order valence-corrected chi connectivity index (χ2v) is 24.5. The SMILES string of the molecule is CC/C=C\C/C=C\C/C=C\C/C=C\C/C=C\CCCCCCCCCCCCCCCCCC(=O)NC(COP(=O)([O-])OCC[N+](C)(C)C)C(O)/C=C/CC/C=C/CC/C=C/CCCCCCCCCCCCCCCCC. The van der Waals surface area contributed by atoms with E-state index in [-0.39, 0.29) is 12.5 Å². The van der Waals surface area contributed by atoms with E-state index in [0.29, 0.717) is 17.4 Å². The van der Waals surface area contributed by atoms with Gasteiger partial charge in [0, 0.05) is 6.42 Å². The number of nitrogens with zero attached hydrogens (tertiary/aromatic N) is 1. The van der Waals surface area contributed by atoms with Crippen LogP contribution in [0.1, 0.15) is 284 Å². The second-order valence-electron chi connectivity index (χ2n) is 23.1. The Morgan fingerprint density at radius 1 is 0.462 bits per heavy atom. The van der Waals surface area contributed by atoms with Gasteiger partial charge in [0.25, 0.3) is 7.82 Å². The van der Waals surface area contributed by atoms with Gasteiger partial charge in [-0.25, -0.2) is 0 Å². The molecular formula is C69H125N2O6P. The Kier molecular flexibility index (Phi) is 57.1. The van der Waals surface area contributed by atoms with Crippen molar-refractivity contribution in [2.75, 3.05) is 40.9 Å². The molecule has 0 bridgehead atoms. The number of hydrogen-bond acceptors (Lipinski definition) is 6. The van der Waals surface area contributed by atoms with Gasteiger partial charge in [0.15, 0.2) is 0 Å². The highest BCUT2D eigenvalue weighted by Gasteiger charge is 2.23. The number of quaternary nitrogens is 1. The molecule has 0 spiro atoms. The molecule has 0 aromatic carbocycles. The van der Waals surface area contributed by atoms with Gasteiger partial charge >= 0.3 is 0 Å². The number of carbonyl (C=O) groups excluding carboxylic acids is 1. The fourth-order valence-corrected chi connectivity index (χ4v) is 9.94. The summed E-state index contributed by atoms with van der Waals surface area (Å²) in [6.07, 6.45) is 85.1. The first-order valence-electron chi connectivity index (χ1n) is 32.6. The van der Waals surface area contributed by atoms with Crippen LogP contribution in [0.2, 0.25) is 0 Å². The highest BCUT2D eigenvalue weighted by atomic mass is 31.2. The topological polar surface area (TPSA) is 108 Å². The first kappa shape index (κ1) is 75.4. The molecule has 0 saturated carbocycles. The smallest absolute Gasteiger partial charge is 0.268 e. The van der Waals surface area contributed by atoms with Gasteiger partial charge in [0.05, 0.1) is 39.9 Å². The lowest BCUT2D eigenvalue weighted by molar-refractivity contribution is -0.870. The molecule has 0 aliphatic rings. The van der Waals surface area contributed by atoms with Crippen molar-refractivity contribution in [3.63, 3.8) is 0 Å². The van der Waals surface area contributed by atoms with E-state index in [2.05, 4.69) is 104 Å². The van der Waals surface area contributed by atoms with Crippen LogP contribution >= 0.6 is 7.82 Å². The quantitative estimate of drug-likeness (QED) is 0.0272. The fraction of sp³-hybridized carbons (Fsp3) is 0.754. The van der Waals surface area contributed by atoms with Crippen LogP contribution in [0.25, 0.3) is 0 Å². The lowest BCUT2D eigenvalue weighted by atomic mass is 10.0. The Morgan fingerprint density at radius 2 is 0.795 bits per heavy atom. The zero-order valence-corrected chi connectivity index (χ0v) is 52.5. The third kappa shape index (κ3) is 61.0. The van der Waals surface area contributed by atoms with E-state index < -0.39 is 26.6 Å². The molecule has 78 heavy (non-hydrogen) atoms. The van der Waals surface area contributed by atoms with Crippen LogP contribution in [0.5, 0.6) is 0 Å². The number of rotatable bonds is 59. The normalized spacial score (nSPS) is 14.4. The van der Waals surface area contributed by atoms with E-state index >= 15 is 0 Å². The molecule has 3 unspecified atom stereocenters. The molecular weight excluding hydrogens is 984 g/mol. The Hall–Kier alpha value is -2.58. The lowest BCUT2D eigenvalue weighted by Gasteiger charge is -2.29. The molecule has 0 fully saturated rings. The molecule has 3 atom stereocenters. The van der Waals surface area contributed by atoms with Crippen LogP contribution in [0.4, 0.5) is 0 Å². The minimum absolute atomic E-state index is 0.0121. The molecule has 0 heterocycles. The van der Waals surface area contributed by atoms with Crippen molar-refractivity contribution >= 4 is 13.7 Å². The Labute approximate surface area is 483 Å². The highest BCUT2D eigenvalue weighted by Crippen LogP contribution is 2.38. The Balaban J connectivity index is 4.18. The zero-order chi connectivity index (χ0) is 57.0. The third-order valence-electron chi connectivity index (χ3n) is 14.3. The molecule has 452 valence electrons. The molecule has 0 aromatic heterocycles. The van der Waals surface area contributed by atoms with E-state index in [4.69, 9.17) is 9.05 Å². The number of carbonyl (C=O) groups is 1. The minimum atomic E-state index is -4.62. The molecule has 2 N–H and O–H groups in total. The van der Waals surface area contributed by atoms with Crippen LogP contribution in [0.15, 0.2) is 97.2 Å². The van der Waals surface area contributed by atoms with Gasteiger partial charge < -0.3 is 28.8 Å². The highest BCUT2D eigenvalue weighted by molar-refractivity contribution is 7.45. The zero-order valence-electron chi connectivity index (χ0n) is 51.6. The summed E-state index contributed by atoms with van der Waals surface area (Å²) in [5, 5.41) is 13.9. The van der Waals surface area contributed by atoms with E-state index in [1.807, 2.05) is 27.2 Å². The predicted molar refractivity (Wildman–Crippen MR) is 339 cm³/mol. The number of likely N-dealkylation sites (N-methyl/N-ethyl adjacent to an activating group) is 1. The maximum atomic E-state index is 13.0. The molecule has 8 nitrogen and oxygen atoms in total. The molecule has 0 radical (unpaired) electrons. The average molecular weight is 1110 g/mol. The van der Waals surface area contributed by atoms with E-state index in [1.54, 1.807) is 6.08 Å². The van der Waals surface area contributed by atoms with Gasteiger partial charge in [-0.15, -0.1) is 0 Å². The lowest BCUT2D eigenvalue weighted by Crippen LogP contribution is -2.45. The summed E-state index contributed by atoms with van der Waals surface area (Å²) < 4.78 is 23.4. The van der Waals surface area contributed by atoms with Crippen molar-refractivity contribution in [3.05, 3.63) is 97.2 Å². The summed E-state index contributed by atoms with van der Waals surface area (Å²) in [5.74, 6) is -0.212. The van der Waals surface area contributed by atoms with Crippen molar-refractivity contribution in [3.8, 4) is 0 Å². The van der Waals surface area contributed by atoms with E-state index in [1.165, 1.54) is 186 Å². The summed E-state index contributed by atoms with van der Waals surface area (Å²) in [6.45, 7) is 4.53. The molecule has 0 aliphatic carbocycles. The van der Waals surface area contributed by atoms with Crippen LogP contribution < -0.4 is 10.2 Å². The number of amides is 1. The number of nitrogens with one attached hydrogen (secondary N) is 1. The molecule has 0 rings (SSSR count). The van der Waals surface area contributed by atoms with Crippen molar-refractivity contribution in [1.82, 2.24) is 5.32 Å². The third-order valence-corrected chi connectivity index (χ3v) is 15.2. The van der Waals surface area contributed by atoms with Crippen molar-refractivity contribution < 1.29 is 32.9 Å². The standard InChI is InChI=1S/C69H125N2O6P/c1-6-8-10-12-14-16-18-20-22-24-26-28-30-32-33-34-35-36-37-39-41-43-45-47-49-51-53-55-57-59-61-63-69(73)70-67(66-77-78(74,75)76-65-64-71(3,4)5)68(72)62-60-58-56-54-52-50-48-46-44-42-40-38-31-29-27-25-23-21-19-17-15-13-11-9-7-2/h8,10,14,16,20,22,26,28,32-33,44,46,52,54,60,62,67-68,72H,6-7,9,11-13,15,17-19,21,23-25,27,29-31,34-43,45,47-51,53,55-59,61,63-66H2,1-5H3,(H-,70,73,74,75)/b10-8-,16-14-,22-20-,28-26-,33-32-,46-44+,54-52+,62-60+. The van der Waals surface area contributed by atoms with E-state index in [9.17, 15) is 19.4 Å². The summed E-state index contributed by atoms with van der Waals surface area (Å²) in [6, 6.07) is -0.916. The van der Waals surface area contributed by atoms with Gasteiger partial charge in [-0.1, -0.05) is 284 Å². The monoisotopic (exact) mass is 1110 g/mol. The fourth-order valence-electron chi connectivity index (χ4n) is 9.21. The van der Waals surface area contributed by atoms with E-state index in [0.717, 1.165) is 77.0 Å². The maximum absolute atomic E-state index is 13.0. The predicted octanol–water partition coefficient (Wildman–Crippen LogP) is 19.9. The minimum Gasteiger partial charge on any atom is -0.756 e. The number of aliphatic hydroxyl groups excluding tert-OH is 1. The van der Waals surface area contributed by atoms with Gasteiger partial charge in [-0.2, -0.15) is 0 Å². The Bertz CT molecular complexity index is 1590. The first-order chi connectivity index (χ1) is 38.0. The Morgan fingerprint density at radius 3 is 1.19 bits per heavy atom. The van der Waals surface area contributed by atoms with Crippen molar-refractivity contribution in [1.29, 1.82) is 0 Å². The summed E-state index contributed by atoms with van der Waals surface area (Å²) in [4.78, 5) is 25.6. The number of phosphoric acid groups is 1. The molecule has 0 aromatic rings. The molecule has 9 heteroatoms.